The molecular weight excluding hydrogens is 419 g/mol. The van der Waals surface area contributed by atoms with Crippen LogP contribution in [0.5, 0.6) is 5.75 Å². The normalized spacial score (nSPS) is 14.2. The molecule has 1 aliphatic heterocycles. The lowest BCUT2D eigenvalue weighted by molar-refractivity contribution is 0.390. The zero-order valence-corrected chi connectivity index (χ0v) is 19.1. The number of aromatic nitrogens is 2. The molecule has 4 rings (SSSR count). The predicted octanol–water partition coefficient (Wildman–Crippen LogP) is 5.44. The molecule has 0 saturated carbocycles. The number of anilines is 1. The van der Waals surface area contributed by atoms with Crippen LogP contribution in [0.25, 0.3) is 27.2 Å². The number of methoxy groups -OCH3 is 1. The number of benzene rings is 2. The van der Waals surface area contributed by atoms with Crippen molar-refractivity contribution >= 4 is 11.6 Å². The van der Waals surface area contributed by atoms with Crippen LogP contribution in [0.2, 0.25) is 0 Å². The Balaban J connectivity index is 1.90. The van der Waals surface area contributed by atoms with Crippen LogP contribution in [0, 0.1) is 18.3 Å². The van der Waals surface area contributed by atoms with Crippen molar-refractivity contribution in [2.45, 2.75) is 26.2 Å². The molecule has 33 heavy (non-hydrogen) atoms. The number of hydrogen-bond donors (Lipinski definition) is 0. The Morgan fingerprint density at radius 1 is 1.15 bits per heavy atom. The maximum absolute atomic E-state index is 14.5. The average molecular weight is 447 g/mol. The smallest absolute Gasteiger partial charge is 0.263 e. The van der Waals surface area contributed by atoms with E-state index in [2.05, 4.69) is 16.7 Å². The fourth-order valence-corrected chi connectivity index (χ4v) is 4.39. The van der Waals surface area contributed by atoms with Gasteiger partial charge in [-0.05, 0) is 42.5 Å². The van der Waals surface area contributed by atoms with Crippen LogP contribution in [-0.4, -0.2) is 29.8 Å². The number of ether oxygens (including phenoxy) is 1. The topological polar surface area (TPSA) is 51.7 Å². The number of hydrogen-bond acceptors (Lipinski definition) is 4. The summed E-state index contributed by atoms with van der Waals surface area (Å²) in [4.78, 5) is 23.9. The molecule has 1 saturated heterocycles. The maximum Gasteiger partial charge on any atom is 0.263 e. The number of halogens is 1. The van der Waals surface area contributed by atoms with Gasteiger partial charge in [-0.1, -0.05) is 37.6 Å². The van der Waals surface area contributed by atoms with Crippen molar-refractivity contribution in [3.63, 3.8) is 0 Å². The summed E-state index contributed by atoms with van der Waals surface area (Å²) in [7, 11) is 3.31. The van der Waals surface area contributed by atoms with E-state index in [0.29, 0.717) is 40.0 Å². The fraction of sp³-hybridized carbons (Fsp3) is 0.346. The molecule has 0 N–H and O–H groups in total. The highest BCUT2D eigenvalue weighted by atomic mass is 19.1. The summed E-state index contributed by atoms with van der Waals surface area (Å²) in [6.07, 6.45) is 3.25. The second-order valence-corrected chi connectivity index (χ2v) is 8.34. The quantitative estimate of drug-likeness (QED) is 0.490. The molecule has 170 valence electrons. The zero-order valence-electron chi connectivity index (χ0n) is 19.1. The molecule has 6 nitrogen and oxygen atoms in total. The highest BCUT2D eigenvalue weighted by molar-refractivity contribution is 5.82. The number of rotatable bonds is 5. The second kappa shape index (κ2) is 9.45. The van der Waals surface area contributed by atoms with Gasteiger partial charge in [-0.2, -0.15) is 0 Å². The molecule has 1 aromatic heterocycles. The van der Waals surface area contributed by atoms with Crippen molar-refractivity contribution in [3.05, 3.63) is 70.1 Å². The van der Waals surface area contributed by atoms with E-state index in [1.54, 1.807) is 49.1 Å². The lowest BCUT2D eigenvalue weighted by atomic mass is 9.94. The summed E-state index contributed by atoms with van der Waals surface area (Å²) in [5.41, 5.74) is 1.68. The highest BCUT2D eigenvalue weighted by Crippen LogP contribution is 2.33. The van der Waals surface area contributed by atoms with E-state index in [9.17, 15) is 9.18 Å². The Bertz CT molecular complexity index is 1250. The molecule has 2 heterocycles. The molecular formula is C26H27FN4O2. The van der Waals surface area contributed by atoms with E-state index in [1.807, 2.05) is 0 Å². The minimum Gasteiger partial charge on any atom is -0.497 e. The molecule has 7 heteroatoms. The first-order valence-electron chi connectivity index (χ1n) is 11.1. The van der Waals surface area contributed by atoms with E-state index in [-0.39, 0.29) is 11.2 Å². The van der Waals surface area contributed by atoms with Gasteiger partial charge in [0.25, 0.3) is 5.56 Å². The fourth-order valence-electron chi connectivity index (χ4n) is 4.39. The highest BCUT2D eigenvalue weighted by Gasteiger charge is 2.25. The van der Waals surface area contributed by atoms with Crippen molar-refractivity contribution in [3.8, 4) is 28.1 Å². The van der Waals surface area contributed by atoms with E-state index < -0.39 is 5.82 Å². The first kappa shape index (κ1) is 22.5. The number of piperidine rings is 1. The van der Waals surface area contributed by atoms with Crippen LogP contribution < -0.4 is 15.2 Å². The van der Waals surface area contributed by atoms with Crippen molar-refractivity contribution in [1.29, 1.82) is 0 Å². The van der Waals surface area contributed by atoms with Gasteiger partial charge < -0.3 is 9.64 Å². The van der Waals surface area contributed by atoms with E-state index >= 15 is 0 Å². The van der Waals surface area contributed by atoms with Crippen LogP contribution >= 0.6 is 0 Å². The molecule has 0 unspecified atom stereocenters. The third kappa shape index (κ3) is 4.34. The second-order valence-electron chi connectivity index (χ2n) is 8.34. The molecule has 3 aromatic rings. The van der Waals surface area contributed by atoms with Crippen molar-refractivity contribution in [2.75, 3.05) is 25.1 Å². The van der Waals surface area contributed by atoms with Crippen LogP contribution in [0.4, 0.5) is 16.0 Å². The minimum absolute atomic E-state index is 0.0598. The van der Waals surface area contributed by atoms with Crippen molar-refractivity contribution in [1.82, 2.24) is 9.55 Å². The Labute approximate surface area is 193 Å². The predicted molar refractivity (Wildman–Crippen MR) is 128 cm³/mol. The van der Waals surface area contributed by atoms with Gasteiger partial charge in [0, 0.05) is 25.7 Å². The van der Waals surface area contributed by atoms with Gasteiger partial charge in [-0.3, -0.25) is 9.36 Å². The largest absolute Gasteiger partial charge is 0.497 e. The summed E-state index contributed by atoms with van der Waals surface area (Å²) in [6, 6.07) is 11.5. The van der Waals surface area contributed by atoms with Gasteiger partial charge >= 0.3 is 0 Å². The molecule has 0 aliphatic carbocycles. The summed E-state index contributed by atoms with van der Waals surface area (Å²) in [5, 5.41) is 0. The lowest BCUT2D eigenvalue weighted by Crippen LogP contribution is -2.38. The molecule has 0 radical (unpaired) electrons. The summed E-state index contributed by atoms with van der Waals surface area (Å²) >= 11 is 0. The monoisotopic (exact) mass is 446 g/mol. The van der Waals surface area contributed by atoms with E-state index in [4.69, 9.17) is 16.3 Å². The van der Waals surface area contributed by atoms with Crippen LogP contribution in [0.15, 0.2) is 47.3 Å². The molecule has 0 atom stereocenters. The molecule has 0 bridgehead atoms. The summed E-state index contributed by atoms with van der Waals surface area (Å²) in [6.45, 7) is 11.0. The van der Waals surface area contributed by atoms with Crippen LogP contribution in [0.1, 0.15) is 26.2 Å². The third-order valence-electron chi connectivity index (χ3n) is 6.46. The Hall–Kier alpha value is -3.66. The Morgan fingerprint density at radius 2 is 1.82 bits per heavy atom. The standard InChI is InChI=1S/C26H27FN4O2/c1-5-17-12-14-31(15-13-17)26-29-24(19-8-11-22(28-2)21(27)16-19)23(25(32)30(26)3)18-6-9-20(33-4)10-7-18/h6-11,16-17H,5,12-15H2,1,3-4H3. The lowest BCUT2D eigenvalue weighted by Gasteiger charge is -2.33. The van der Waals surface area contributed by atoms with Gasteiger partial charge in [0.2, 0.25) is 11.6 Å². The van der Waals surface area contributed by atoms with Crippen LogP contribution in [0.3, 0.4) is 0 Å². The van der Waals surface area contributed by atoms with E-state index in [0.717, 1.165) is 32.4 Å². The molecule has 0 spiro atoms. The maximum atomic E-state index is 14.5. The number of nitrogens with zero attached hydrogens (tertiary/aromatic N) is 4. The van der Waals surface area contributed by atoms with Gasteiger partial charge in [0.15, 0.2) is 0 Å². The van der Waals surface area contributed by atoms with Gasteiger partial charge in [0.1, 0.15) is 11.6 Å². The Kier molecular flexibility index (Phi) is 6.45. The first-order chi connectivity index (χ1) is 16.0. The molecule has 1 fully saturated rings. The molecule has 0 amide bonds. The van der Waals surface area contributed by atoms with Gasteiger partial charge in [-0.25, -0.2) is 14.2 Å². The zero-order chi connectivity index (χ0) is 23.5. The van der Waals surface area contributed by atoms with Crippen molar-refractivity contribution in [2.24, 2.45) is 13.0 Å². The average Bonchev–Trinajstić information content (AvgIpc) is 2.85. The SMILES string of the molecule is [C-]#[N+]c1ccc(-c2nc(N3CCC(CC)CC3)n(C)c(=O)c2-c2ccc(OC)cc2)cc1F. The minimum atomic E-state index is -0.629. The van der Waals surface area contributed by atoms with Crippen molar-refractivity contribution < 1.29 is 9.13 Å². The first-order valence-corrected chi connectivity index (χ1v) is 11.1. The van der Waals surface area contributed by atoms with Crippen LogP contribution in [-0.2, 0) is 7.05 Å². The molecule has 1 aliphatic rings. The van der Waals surface area contributed by atoms with Gasteiger partial charge in [-0.15, -0.1) is 0 Å². The Morgan fingerprint density at radius 3 is 2.39 bits per heavy atom. The molecule has 2 aromatic carbocycles. The summed E-state index contributed by atoms with van der Waals surface area (Å²) in [5.74, 6) is 1.31. The van der Waals surface area contributed by atoms with Gasteiger partial charge in [0.05, 0.1) is 24.9 Å². The summed E-state index contributed by atoms with van der Waals surface area (Å²) < 4.78 is 21.4. The van der Waals surface area contributed by atoms with E-state index in [1.165, 1.54) is 12.1 Å². The third-order valence-corrected chi connectivity index (χ3v) is 6.46.